The Morgan fingerprint density at radius 3 is 2.57 bits per heavy atom. The highest BCUT2D eigenvalue weighted by Crippen LogP contribution is 1.96. The average Bonchev–Trinajstić information content (AvgIpc) is 1.69. The first-order valence-electron chi connectivity index (χ1n) is 2.23. The predicted octanol–water partition coefficient (Wildman–Crippen LogP) is 3.15. The highest BCUT2D eigenvalue weighted by Gasteiger charge is 1.74. The van der Waals surface area contributed by atoms with Crippen LogP contribution in [0.2, 0.25) is 0 Å². The summed E-state index contributed by atoms with van der Waals surface area (Å²) in [4.78, 5) is 0. The first kappa shape index (κ1) is 8.20. The lowest BCUT2D eigenvalue weighted by molar-refractivity contribution is 0.989. The SMILES string of the molecule is I/C=C/CCCI. The van der Waals surface area contributed by atoms with E-state index >= 15 is 0 Å². The lowest BCUT2D eigenvalue weighted by atomic mass is 10.3. The number of hydrogen-bond donors (Lipinski definition) is 0. The van der Waals surface area contributed by atoms with Crippen molar-refractivity contribution in [3.8, 4) is 0 Å². The molecule has 0 unspecified atom stereocenters. The fourth-order valence-electron chi connectivity index (χ4n) is 0.258. The van der Waals surface area contributed by atoms with Crippen LogP contribution in [-0.2, 0) is 0 Å². The van der Waals surface area contributed by atoms with E-state index in [1.165, 1.54) is 17.3 Å². The molecular formula is C5H8I2. The Balaban J connectivity index is 2.69. The first-order chi connectivity index (χ1) is 3.41. The Morgan fingerprint density at radius 1 is 1.43 bits per heavy atom. The van der Waals surface area contributed by atoms with Crippen molar-refractivity contribution < 1.29 is 0 Å². The van der Waals surface area contributed by atoms with Gasteiger partial charge in [0.2, 0.25) is 0 Å². The van der Waals surface area contributed by atoms with Gasteiger partial charge in [-0.25, -0.2) is 0 Å². The smallest absolute Gasteiger partial charge is 0.000178 e. The van der Waals surface area contributed by atoms with E-state index in [-0.39, 0.29) is 0 Å². The lowest BCUT2D eigenvalue weighted by Crippen LogP contribution is -1.67. The van der Waals surface area contributed by atoms with Gasteiger partial charge in [-0.15, -0.1) is 0 Å². The van der Waals surface area contributed by atoms with Crippen molar-refractivity contribution in [3.05, 3.63) is 10.2 Å². The third kappa shape index (κ3) is 7.20. The van der Waals surface area contributed by atoms with Crippen LogP contribution in [0.5, 0.6) is 0 Å². The van der Waals surface area contributed by atoms with E-state index in [1.54, 1.807) is 0 Å². The summed E-state index contributed by atoms with van der Waals surface area (Å²) in [6.07, 6.45) is 4.76. The fraction of sp³-hybridized carbons (Fsp3) is 0.600. The van der Waals surface area contributed by atoms with E-state index < -0.39 is 0 Å². The molecule has 0 rings (SSSR count). The summed E-state index contributed by atoms with van der Waals surface area (Å²) in [6.45, 7) is 0. The Morgan fingerprint density at radius 2 is 2.14 bits per heavy atom. The fourth-order valence-corrected chi connectivity index (χ4v) is 1.06. The maximum atomic E-state index is 2.39. The molecule has 0 amide bonds. The summed E-state index contributed by atoms with van der Waals surface area (Å²) in [6, 6.07) is 0. The maximum Gasteiger partial charge on any atom is -0.000178 e. The molecule has 0 aliphatic heterocycles. The molecule has 0 fully saturated rings. The molecule has 7 heavy (non-hydrogen) atoms. The van der Waals surface area contributed by atoms with Crippen molar-refractivity contribution in [2.75, 3.05) is 4.43 Å². The summed E-state index contributed by atoms with van der Waals surface area (Å²) in [5.41, 5.74) is 0. The highest BCUT2D eigenvalue weighted by atomic mass is 127. The lowest BCUT2D eigenvalue weighted by Gasteiger charge is -1.82. The van der Waals surface area contributed by atoms with E-state index in [1.807, 2.05) is 0 Å². The minimum Gasteiger partial charge on any atom is -0.0864 e. The predicted molar refractivity (Wildman–Crippen MR) is 51.3 cm³/mol. The highest BCUT2D eigenvalue weighted by molar-refractivity contribution is 14.1. The normalized spacial score (nSPS) is 10.6. The quantitative estimate of drug-likeness (QED) is 0.425. The second kappa shape index (κ2) is 7.20. The van der Waals surface area contributed by atoms with Crippen LogP contribution in [0.1, 0.15) is 12.8 Å². The van der Waals surface area contributed by atoms with Crippen molar-refractivity contribution in [3.63, 3.8) is 0 Å². The molecule has 0 bridgehead atoms. The molecule has 0 saturated carbocycles. The van der Waals surface area contributed by atoms with Gasteiger partial charge in [-0.1, -0.05) is 51.3 Å². The Bertz CT molecular complexity index is 50.0. The number of halogens is 2. The van der Waals surface area contributed by atoms with Crippen molar-refractivity contribution in [2.24, 2.45) is 0 Å². The average molecular weight is 322 g/mol. The van der Waals surface area contributed by atoms with E-state index in [4.69, 9.17) is 0 Å². The molecule has 0 spiro atoms. The molecule has 0 radical (unpaired) electrons. The minimum absolute atomic E-state index is 1.24. The molecule has 0 N–H and O–H groups in total. The van der Waals surface area contributed by atoms with Crippen LogP contribution in [0.4, 0.5) is 0 Å². The largest absolute Gasteiger partial charge is 0.0864 e. The molecule has 0 aliphatic carbocycles. The number of allylic oxidation sites excluding steroid dienone is 1. The van der Waals surface area contributed by atoms with Crippen molar-refractivity contribution >= 4 is 45.2 Å². The first-order valence-corrected chi connectivity index (χ1v) is 5.00. The van der Waals surface area contributed by atoms with Crippen LogP contribution < -0.4 is 0 Å². The molecule has 2 heteroatoms. The Hall–Kier alpha value is 1.20. The molecule has 0 aromatic heterocycles. The monoisotopic (exact) mass is 322 g/mol. The zero-order chi connectivity index (χ0) is 5.54. The van der Waals surface area contributed by atoms with Gasteiger partial charge in [0, 0.05) is 0 Å². The second-order valence-corrected chi connectivity index (χ2v) is 2.99. The summed E-state index contributed by atoms with van der Waals surface area (Å²) in [7, 11) is 0. The second-order valence-electron chi connectivity index (χ2n) is 1.19. The van der Waals surface area contributed by atoms with Crippen LogP contribution in [0, 0.1) is 0 Å². The van der Waals surface area contributed by atoms with Crippen LogP contribution in [-0.4, -0.2) is 4.43 Å². The Kier molecular flexibility index (Phi) is 8.43. The van der Waals surface area contributed by atoms with Gasteiger partial charge < -0.3 is 0 Å². The minimum atomic E-state index is 1.24. The van der Waals surface area contributed by atoms with Gasteiger partial charge in [0.05, 0.1) is 0 Å². The number of rotatable bonds is 3. The molecule has 0 saturated heterocycles. The van der Waals surface area contributed by atoms with Crippen molar-refractivity contribution in [1.29, 1.82) is 0 Å². The zero-order valence-corrected chi connectivity index (χ0v) is 8.35. The standard InChI is InChI=1S/C5H8I2/c6-4-2-1-3-5-7/h2,4H,1,3,5H2/b4-2+. The van der Waals surface area contributed by atoms with Crippen LogP contribution in [0.25, 0.3) is 0 Å². The molecule has 0 aromatic carbocycles. The third-order valence-corrected chi connectivity index (χ3v) is 1.86. The number of hydrogen-bond acceptors (Lipinski definition) is 0. The van der Waals surface area contributed by atoms with Crippen LogP contribution in [0.15, 0.2) is 10.2 Å². The zero-order valence-electron chi connectivity index (χ0n) is 4.03. The van der Waals surface area contributed by atoms with Gasteiger partial charge in [-0.05, 0) is 21.4 Å². The van der Waals surface area contributed by atoms with Crippen LogP contribution in [0.3, 0.4) is 0 Å². The van der Waals surface area contributed by atoms with E-state index in [2.05, 4.69) is 55.3 Å². The van der Waals surface area contributed by atoms with Gasteiger partial charge in [-0.2, -0.15) is 0 Å². The van der Waals surface area contributed by atoms with Crippen molar-refractivity contribution in [1.82, 2.24) is 0 Å². The summed E-state index contributed by atoms with van der Waals surface area (Å²) >= 11 is 4.63. The molecule has 0 aromatic rings. The van der Waals surface area contributed by atoms with Gasteiger partial charge in [-0.3, -0.25) is 0 Å². The number of unbranched alkanes of at least 4 members (excludes halogenated alkanes) is 1. The molecule has 0 heterocycles. The molecule has 0 nitrogen and oxygen atoms in total. The van der Waals surface area contributed by atoms with Gasteiger partial charge >= 0.3 is 0 Å². The maximum absolute atomic E-state index is 2.39. The van der Waals surface area contributed by atoms with E-state index in [9.17, 15) is 0 Å². The van der Waals surface area contributed by atoms with E-state index in [0.29, 0.717) is 0 Å². The molecule has 0 atom stereocenters. The summed E-state index contributed by atoms with van der Waals surface area (Å²) in [5.74, 6) is 0. The summed E-state index contributed by atoms with van der Waals surface area (Å²) in [5, 5.41) is 0. The van der Waals surface area contributed by atoms with Crippen LogP contribution >= 0.6 is 45.2 Å². The Labute approximate surface area is 72.0 Å². The molecular weight excluding hydrogens is 314 g/mol. The van der Waals surface area contributed by atoms with E-state index in [0.717, 1.165) is 0 Å². The number of alkyl halides is 1. The van der Waals surface area contributed by atoms with Gasteiger partial charge in [0.15, 0.2) is 0 Å². The topological polar surface area (TPSA) is 0 Å². The van der Waals surface area contributed by atoms with Gasteiger partial charge in [0.25, 0.3) is 0 Å². The molecule has 0 aliphatic rings. The third-order valence-electron chi connectivity index (χ3n) is 0.594. The molecule has 42 valence electrons. The van der Waals surface area contributed by atoms with Gasteiger partial charge in [0.1, 0.15) is 0 Å². The summed E-state index contributed by atoms with van der Waals surface area (Å²) < 4.78 is 3.35. The van der Waals surface area contributed by atoms with Crippen molar-refractivity contribution in [2.45, 2.75) is 12.8 Å².